The fraction of sp³-hybridized carbons (Fsp3) is 0.211. The first-order chi connectivity index (χ1) is 13.3. The van der Waals surface area contributed by atoms with Gasteiger partial charge in [-0.2, -0.15) is 5.10 Å². The minimum absolute atomic E-state index is 0.0781. The third-order valence-corrected chi connectivity index (χ3v) is 4.93. The number of hydrogen-bond donors (Lipinski definition) is 3. The normalized spacial score (nSPS) is 11.9. The zero-order chi connectivity index (χ0) is 20.7. The van der Waals surface area contributed by atoms with E-state index in [-0.39, 0.29) is 18.1 Å². The van der Waals surface area contributed by atoms with Gasteiger partial charge in [-0.15, -0.1) is 0 Å². The lowest BCUT2D eigenvalue weighted by molar-refractivity contribution is -0.128. The Hall–Kier alpha value is -2.39. The number of carbonyl (C=O) groups excluding carboxylic acids is 2. The molecule has 2 amide bonds. The number of aromatic hydroxyl groups is 1. The number of halogens is 2. The van der Waals surface area contributed by atoms with Crippen molar-refractivity contribution in [2.75, 3.05) is 7.11 Å². The fourth-order valence-corrected chi connectivity index (χ4v) is 3.44. The Kier molecular flexibility index (Phi) is 8.01. The van der Waals surface area contributed by atoms with E-state index in [0.717, 1.165) is 5.56 Å². The number of nitrogens with one attached hydrogen (secondary N) is 2. The molecule has 3 N–H and O–H groups in total. The molecule has 0 saturated heterocycles. The van der Waals surface area contributed by atoms with Gasteiger partial charge in [0.25, 0.3) is 5.91 Å². The van der Waals surface area contributed by atoms with Crippen molar-refractivity contribution in [1.29, 1.82) is 0 Å². The van der Waals surface area contributed by atoms with Gasteiger partial charge in [0.1, 0.15) is 17.5 Å². The van der Waals surface area contributed by atoms with Gasteiger partial charge in [0, 0.05) is 0 Å². The first kappa shape index (κ1) is 21.9. The highest BCUT2D eigenvalue weighted by Crippen LogP contribution is 2.32. The number of carbonyl (C=O) groups is 2. The number of methoxy groups -OCH3 is 1. The predicted molar refractivity (Wildman–Crippen MR) is 114 cm³/mol. The molecule has 28 heavy (non-hydrogen) atoms. The van der Waals surface area contributed by atoms with Crippen molar-refractivity contribution >= 4 is 49.9 Å². The van der Waals surface area contributed by atoms with E-state index < -0.39 is 11.9 Å². The number of hydrazone groups is 1. The lowest BCUT2D eigenvalue weighted by Gasteiger charge is -2.12. The zero-order valence-corrected chi connectivity index (χ0v) is 18.4. The summed E-state index contributed by atoms with van der Waals surface area (Å²) in [7, 11) is 1.57. The fourth-order valence-electron chi connectivity index (χ4n) is 2.21. The van der Waals surface area contributed by atoms with Crippen LogP contribution in [0, 0.1) is 0 Å². The van der Waals surface area contributed by atoms with E-state index in [0.29, 0.717) is 20.3 Å². The van der Waals surface area contributed by atoms with Crippen molar-refractivity contribution in [3.63, 3.8) is 0 Å². The molecule has 0 aliphatic heterocycles. The topological polar surface area (TPSA) is 100 Å². The van der Waals surface area contributed by atoms with Crippen LogP contribution in [0.5, 0.6) is 11.5 Å². The molecule has 1 atom stereocenters. The summed E-state index contributed by atoms with van der Waals surface area (Å²) in [4.78, 5) is 24.2. The van der Waals surface area contributed by atoms with Crippen molar-refractivity contribution in [1.82, 2.24) is 10.7 Å². The Morgan fingerprint density at radius 1 is 1.21 bits per heavy atom. The number of ether oxygens (including phenoxy) is 1. The van der Waals surface area contributed by atoms with Gasteiger partial charge in [0.15, 0.2) is 0 Å². The Morgan fingerprint density at radius 2 is 1.82 bits per heavy atom. The lowest BCUT2D eigenvalue weighted by Crippen LogP contribution is -2.43. The van der Waals surface area contributed by atoms with Crippen LogP contribution in [0.4, 0.5) is 0 Å². The molecule has 0 heterocycles. The number of phenolic OH excluding ortho intramolecular Hbond substituents is 1. The predicted octanol–water partition coefficient (Wildman–Crippen LogP) is 3.12. The molecular formula is C19H19Br2N3O4. The maximum atomic E-state index is 12.1. The Balaban J connectivity index is 1.85. The molecule has 0 fully saturated rings. The first-order valence-electron chi connectivity index (χ1n) is 8.23. The Morgan fingerprint density at radius 3 is 2.39 bits per heavy atom. The monoisotopic (exact) mass is 511 g/mol. The maximum Gasteiger partial charge on any atom is 0.262 e. The molecule has 2 aromatic carbocycles. The second-order valence-electron chi connectivity index (χ2n) is 5.88. The van der Waals surface area contributed by atoms with Crippen LogP contribution in [-0.4, -0.2) is 36.3 Å². The van der Waals surface area contributed by atoms with Gasteiger partial charge in [0.05, 0.1) is 28.7 Å². The number of nitrogens with zero attached hydrogens (tertiary/aromatic N) is 1. The van der Waals surface area contributed by atoms with Gasteiger partial charge in [-0.05, 0) is 74.2 Å². The highest BCUT2D eigenvalue weighted by Gasteiger charge is 2.15. The average Bonchev–Trinajstić information content (AvgIpc) is 2.66. The highest BCUT2D eigenvalue weighted by molar-refractivity contribution is 9.11. The molecule has 0 saturated carbocycles. The smallest absolute Gasteiger partial charge is 0.262 e. The van der Waals surface area contributed by atoms with Gasteiger partial charge >= 0.3 is 0 Å². The summed E-state index contributed by atoms with van der Waals surface area (Å²) in [5.41, 5.74) is 3.85. The van der Waals surface area contributed by atoms with Crippen molar-refractivity contribution in [2.24, 2.45) is 5.10 Å². The molecule has 1 unspecified atom stereocenters. The molecule has 9 heteroatoms. The molecule has 2 aromatic rings. The van der Waals surface area contributed by atoms with Crippen molar-refractivity contribution in [2.45, 2.75) is 19.4 Å². The molecule has 148 valence electrons. The zero-order valence-electron chi connectivity index (χ0n) is 15.2. The molecule has 0 aromatic heterocycles. The van der Waals surface area contributed by atoms with Crippen LogP contribution in [0.15, 0.2) is 50.4 Å². The minimum atomic E-state index is -0.749. The number of hydrogen-bond acceptors (Lipinski definition) is 5. The van der Waals surface area contributed by atoms with E-state index in [2.05, 4.69) is 47.7 Å². The van der Waals surface area contributed by atoms with Gasteiger partial charge in [-0.1, -0.05) is 12.1 Å². The number of amides is 2. The largest absolute Gasteiger partial charge is 0.506 e. The molecule has 0 radical (unpaired) electrons. The van der Waals surface area contributed by atoms with Crippen LogP contribution in [0.2, 0.25) is 0 Å². The summed E-state index contributed by atoms with van der Waals surface area (Å²) in [5, 5.41) is 16.2. The van der Waals surface area contributed by atoms with Crippen LogP contribution < -0.4 is 15.5 Å². The van der Waals surface area contributed by atoms with Crippen LogP contribution in [0.1, 0.15) is 18.1 Å². The van der Waals surface area contributed by atoms with Crippen molar-refractivity contribution < 1.29 is 19.4 Å². The number of phenols is 1. The summed E-state index contributed by atoms with van der Waals surface area (Å²) in [5.74, 6) is 0.0660. The second kappa shape index (κ2) is 10.2. The molecule has 0 spiro atoms. The molecule has 0 bridgehead atoms. The SMILES string of the molecule is COc1ccc(CC(=O)NC(C)C(=O)N/N=C/c2cc(Br)c(O)c(Br)c2)cc1. The highest BCUT2D eigenvalue weighted by atomic mass is 79.9. The van der Waals surface area contributed by atoms with E-state index in [1.165, 1.54) is 6.21 Å². The van der Waals surface area contributed by atoms with Crippen molar-refractivity contribution in [3.8, 4) is 11.5 Å². The van der Waals surface area contributed by atoms with Crippen molar-refractivity contribution in [3.05, 3.63) is 56.5 Å². The second-order valence-corrected chi connectivity index (χ2v) is 7.59. The summed E-state index contributed by atoms with van der Waals surface area (Å²) in [6.45, 7) is 1.57. The van der Waals surface area contributed by atoms with Crippen LogP contribution in [0.3, 0.4) is 0 Å². The number of benzene rings is 2. The van der Waals surface area contributed by atoms with Gasteiger partial charge in [-0.3, -0.25) is 9.59 Å². The third kappa shape index (κ3) is 6.35. The minimum Gasteiger partial charge on any atom is -0.506 e. The standard InChI is InChI=1S/C19H19Br2N3O4/c1-11(23-17(25)9-12-3-5-14(28-2)6-4-12)19(27)24-22-10-13-7-15(20)18(26)16(21)8-13/h3-8,10-11,26H,9H2,1-2H3,(H,23,25)(H,24,27)/b22-10+. The van der Waals surface area contributed by atoms with E-state index in [1.807, 2.05) is 0 Å². The Labute approximate surface area is 179 Å². The summed E-state index contributed by atoms with van der Waals surface area (Å²) in [6, 6.07) is 9.68. The van der Waals surface area contributed by atoms with Gasteiger partial charge < -0.3 is 15.2 Å². The quantitative estimate of drug-likeness (QED) is 0.392. The molecular weight excluding hydrogens is 494 g/mol. The van der Waals surface area contributed by atoms with Crippen LogP contribution in [0.25, 0.3) is 0 Å². The summed E-state index contributed by atoms with van der Waals surface area (Å²) >= 11 is 6.44. The van der Waals surface area contributed by atoms with E-state index >= 15 is 0 Å². The molecule has 0 aliphatic carbocycles. The average molecular weight is 513 g/mol. The van der Waals surface area contributed by atoms with Gasteiger partial charge in [0.2, 0.25) is 5.91 Å². The summed E-state index contributed by atoms with van der Waals surface area (Å²) in [6.07, 6.45) is 1.58. The molecule has 7 nitrogen and oxygen atoms in total. The van der Waals surface area contributed by atoms with E-state index in [1.54, 1.807) is 50.4 Å². The number of rotatable bonds is 7. The van der Waals surface area contributed by atoms with E-state index in [9.17, 15) is 14.7 Å². The van der Waals surface area contributed by atoms with Crippen LogP contribution >= 0.6 is 31.9 Å². The molecule has 0 aliphatic rings. The Bertz CT molecular complexity index is 862. The first-order valence-corrected chi connectivity index (χ1v) is 9.82. The molecule has 2 rings (SSSR count). The van der Waals surface area contributed by atoms with Gasteiger partial charge in [-0.25, -0.2) is 5.43 Å². The van der Waals surface area contributed by atoms with Crippen LogP contribution in [-0.2, 0) is 16.0 Å². The third-order valence-electron chi connectivity index (χ3n) is 3.72. The summed E-state index contributed by atoms with van der Waals surface area (Å²) < 4.78 is 6.06. The van der Waals surface area contributed by atoms with E-state index in [4.69, 9.17) is 4.74 Å². The maximum absolute atomic E-state index is 12.1. The lowest BCUT2D eigenvalue weighted by atomic mass is 10.1.